The van der Waals surface area contributed by atoms with E-state index < -0.39 is 38.4 Å². The van der Waals surface area contributed by atoms with Crippen molar-refractivity contribution >= 4 is 49.6 Å². The molecule has 2 N–H and O–H groups in total. The van der Waals surface area contributed by atoms with Crippen molar-refractivity contribution in [2.45, 2.75) is 11.1 Å². The van der Waals surface area contributed by atoms with Gasteiger partial charge in [-0.15, -0.1) is 11.3 Å². The Hall–Kier alpha value is -2.63. The summed E-state index contributed by atoms with van der Waals surface area (Å²) >= 11 is 6.40. The number of benzene rings is 2. The Morgan fingerprint density at radius 1 is 1.07 bits per heavy atom. The number of halogens is 5. The molecule has 157 valence electrons. The summed E-state index contributed by atoms with van der Waals surface area (Å²) in [5.41, 5.74) is -0.848. The van der Waals surface area contributed by atoms with Crippen LogP contribution in [0.1, 0.15) is 15.9 Å². The number of nitrogens with one attached hydrogen (secondary N) is 2. The number of rotatable bonds is 5. The standard InChI is InChI=1S/C18H10ClF4N2O3S2/c19-12-5-6-15(14(20)7-12)30(27,28)25-16-8-13(9-29-16)24-17(26)10-1-3-11(4-2-10)18(21,22)23/h1-8,25H,(H,24,26). The van der Waals surface area contributed by atoms with Crippen LogP contribution in [0.5, 0.6) is 0 Å². The molecule has 0 spiro atoms. The molecular weight excluding hydrogens is 468 g/mol. The maximum absolute atomic E-state index is 13.9. The minimum Gasteiger partial charge on any atom is -0.321 e. The van der Waals surface area contributed by atoms with Crippen LogP contribution in [0.4, 0.5) is 28.3 Å². The third-order valence-corrected chi connectivity index (χ3v) is 6.21. The summed E-state index contributed by atoms with van der Waals surface area (Å²) in [4.78, 5) is 11.5. The van der Waals surface area contributed by atoms with Crippen LogP contribution in [0, 0.1) is 11.2 Å². The number of sulfonamides is 1. The molecule has 0 aliphatic carbocycles. The Balaban J connectivity index is 1.71. The van der Waals surface area contributed by atoms with Crippen LogP contribution in [0.15, 0.2) is 53.4 Å². The molecule has 2 aromatic carbocycles. The average Bonchev–Trinajstić information content (AvgIpc) is 3.06. The van der Waals surface area contributed by atoms with Gasteiger partial charge in [0.25, 0.3) is 15.9 Å². The van der Waals surface area contributed by atoms with Crippen LogP contribution in [-0.4, -0.2) is 14.3 Å². The molecule has 1 aromatic heterocycles. The van der Waals surface area contributed by atoms with Gasteiger partial charge in [-0.1, -0.05) is 11.6 Å². The zero-order valence-electron chi connectivity index (χ0n) is 14.5. The zero-order chi connectivity index (χ0) is 22.1. The Kier molecular flexibility index (Phi) is 6.06. The number of hydrogen-bond acceptors (Lipinski definition) is 4. The summed E-state index contributed by atoms with van der Waals surface area (Å²) in [6.45, 7) is 0. The molecule has 0 fully saturated rings. The molecule has 0 aliphatic rings. The molecule has 0 saturated carbocycles. The van der Waals surface area contributed by atoms with E-state index in [-0.39, 0.29) is 21.3 Å². The highest BCUT2D eigenvalue weighted by Gasteiger charge is 2.30. The Bertz CT molecular complexity index is 1190. The molecule has 1 radical (unpaired) electrons. The molecule has 30 heavy (non-hydrogen) atoms. The first-order valence-electron chi connectivity index (χ1n) is 7.94. The zero-order valence-corrected chi connectivity index (χ0v) is 16.9. The summed E-state index contributed by atoms with van der Waals surface area (Å²) in [5.74, 6) is -1.75. The van der Waals surface area contributed by atoms with E-state index >= 15 is 0 Å². The summed E-state index contributed by atoms with van der Waals surface area (Å²) in [5, 5.41) is 5.08. The van der Waals surface area contributed by atoms with Gasteiger partial charge >= 0.3 is 6.18 Å². The second-order valence-electron chi connectivity index (χ2n) is 5.84. The van der Waals surface area contributed by atoms with Crippen LogP contribution >= 0.6 is 22.9 Å². The van der Waals surface area contributed by atoms with Crippen molar-refractivity contribution in [2.24, 2.45) is 0 Å². The molecular formula is C18H10ClF4N2O3S2. The molecule has 5 nitrogen and oxygen atoms in total. The second kappa shape index (κ2) is 8.25. The number of anilines is 2. The highest BCUT2D eigenvalue weighted by Crippen LogP contribution is 2.30. The van der Waals surface area contributed by atoms with Gasteiger partial charge in [-0.3, -0.25) is 9.52 Å². The van der Waals surface area contributed by atoms with E-state index in [1.165, 1.54) is 12.1 Å². The number of carbonyl (C=O) groups is 1. The van der Waals surface area contributed by atoms with E-state index in [0.717, 1.165) is 47.7 Å². The van der Waals surface area contributed by atoms with Gasteiger partial charge < -0.3 is 5.32 Å². The van der Waals surface area contributed by atoms with E-state index in [4.69, 9.17) is 11.6 Å². The van der Waals surface area contributed by atoms with Gasteiger partial charge in [0.05, 0.1) is 16.6 Å². The highest BCUT2D eigenvalue weighted by atomic mass is 35.5. The Morgan fingerprint density at radius 3 is 2.33 bits per heavy atom. The lowest BCUT2D eigenvalue weighted by Crippen LogP contribution is -2.14. The third-order valence-electron chi connectivity index (χ3n) is 3.69. The molecule has 0 atom stereocenters. The fraction of sp³-hybridized carbons (Fsp3) is 0.0556. The van der Waals surface area contributed by atoms with Crippen molar-refractivity contribution in [3.8, 4) is 0 Å². The maximum Gasteiger partial charge on any atom is 0.416 e. The number of alkyl halides is 3. The van der Waals surface area contributed by atoms with Crippen molar-refractivity contribution < 1.29 is 30.8 Å². The van der Waals surface area contributed by atoms with Gasteiger partial charge in [-0.05, 0) is 48.5 Å². The van der Waals surface area contributed by atoms with Gasteiger partial charge in [0.1, 0.15) is 15.7 Å². The van der Waals surface area contributed by atoms with Gasteiger partial charge in [0.2, 0.25) is 0 Å². The molecule has 1 heterocycles. The SMILES string of the molecule is O=C(Nc1[c]sc(NS(=O)(=O)c2ccc(Cl)cc2F)c1)c1ccc(C(F)(F)F)cc1. The highest BCUT2D eigenvalue weighted by molar-refractivity contribution is 7.93. The first kappa shape index (κ1) is 22.1. The van der Waals surface area contributed by atoms with Crippen molar-refractivity contribution in [3.63, 3.8) is 0 Å². The summed E-state index contributed by atoms with van der Waals surface area (Å²) < 4.78 is 78.4. The average molecular weight is 478 g/mol. The molecule has 12 heteroatoms. The van der Waals surface area contributed by atoms with Crippen molar-refractivity contribution in [2.75, 3.05) is 10.0 Å². The third kappa shape index (κ3) is 5.10. The van der Waals surface area contributed by atoms with Crippen molar-refractivity contribution in [1.29, 1.82) is 0 Å². The largest absolute Gasteiger partial charge is 0.416 e. The number of thiophene rings is 1. The number of hydrogen-bond donors (Lipinski definition) is 2. The lowest BCUT2D eigenvalue weighted by Gasteiger charge is -2.08. The monoisotopic (exact) mass is 477 g/mol. The maximum atomic E-state index is 13.9. The molecule has 1 amide bonds. The lowest BCUT2D eigenvalue weighted by molar-refractivity contribution is -0.137. The Morgan fingerprint density at radius 2 is 1.73 bits per heavy atom. The van der Waals surface area contributed by atoms with E-state index in [1.54, 1.807) is 0 Å². The number of amides is 1. The predicted molar refractivity (Wildman–Crippen MR) is 105 cm³/mol. The van der Waals surface area contributed by atoms with Crippen molar-refractivity contribution in [3.05, 3.63) is 75.9 Å². The first-order valence-corrected chi connectivity index (χ1v) is 10.6. The van der Waals surface area contributed by atoms with Gasteiger partial charge in [0.15, 0.2) is 0 Å². The minimum absolute atomic E-state index is 0.0316. The van der Waals surface area contributed by atoms with E-state index in [9.17, 15) is 30.8 Å². The van der Waals surface area contributed by atoms with Gasteiger partial charge in [0, 0.05) is 10.6 Å². The van der Waals surface area contributed by atoms with E-state index in [0.29, 0.717) is 0 Å². The van der Waals surface area contributed by atoms with Gasteiger partial charge in [-0.25, -0.2) is 12.8 Å². The molecule has 0 unspecified atom stereocenters. The molecule has 0 aliphatic heterocycles. The quantitative estimate of drug-likeness (QED) is 0.482. The smallest absolute Gasteiger partial charge is 0.321 e. The summed E-state index contributed by atoms with van der Waals surface area (Å²) in [6.07, 6.45) is -4.52. The second-order valence-corrected chi connectivity index (χ2v) is 8.77. The van der Waals surface area contributed by atoms with Crippen LogP contribution < -0.4 is 10.0 Å². The fourth-order valence-electron chi connectivity index (χ4n) is 2.30. The summed E-state index contributed by atoms with van der Waals surface area (Å²) in [6, 6.07) is 7.87. The fourth-order valence-corrected chi connectivity index (χ4v) is 4.46. The Labute approximate surface area is 177 Å². The lowest BCUT2D eigenvalue weighted by atomic mass is 10.1. The normalized spacial score (nSPS) is 11.9. The van der Waals surface area contributed by atoms with Crippen LogP contribution in [0.2, 0.25) is 5.02 Å². The molecule has 0 saturated heterocycles. The molecule has 0 bridgehead atoms. The summed E-state index contributed by atoms with van der Waals surface area (Å²) in [7, 11) is -4.26. The van der Waals surface area contributed by atoms with Crippen molar-refractivity contribution in [1.82, 2.24) is 0 Å². The van der Waals surface area contributed by atoms with Crippen LogP contribution in [-0.2, 0) is 16.2 Å². The topological polar surface area (TPSA) is 75.3 Å². The van der Waals surface area contributed by atoms with E-state index in [2.05, 4.69) is 15.4 Å². The van der Waals surface area contributed by atoms with Crippen LogP contribution in [0.3, 0.4) is 0 Å². The van der Waals surface area contributed by atoms with Gasteiger partial charge in [-0.2, -0.15) is 13.2 Å². The first-order chi connectivity index (χ1) is 14.0. The molecule has 3 aromatic rings. The minimum atomic E-state index is -4.52. The van der Waals surface area contributed by atoms with Crippen LogP contribution in [0.25, 0.3) is 0 Å². The predicted octanol–water partition coefficient (Wildman–Crippen LogP) is 5.41. The number of carbonyl (C=O) groups excluding carboxylic acids is 1. The van der Waals surface area contributed by atoms with E-state index in [1.807, 2.05) is 0 Å². The molecule has 3 rings (SSSR count).